The van der Waals surface area contributed by atoms with E-state index in [0.29, 0.717) is 26.4 Å². The van der Waals surface area contributed by atoms with Gasteiger partial charge >= 0.3 is 5.97 Å². The first kappa shape index (κ1) is 20.0. The highest BCUT2D eigenvalue weighted by molar-refractivity contribution is 8.18. The van der Waals surface area contributed by atoms with Gasteiger partial charge in [0.05, 0.1) is 24.3 Å². The van der Waals surface area contributed by atoms with Crippen molar-refractivity contribution in [2.75, 3.05) is 13.7 Å². The molecule has 0 radical (unpaired) electrons. The second-order valence-corrected chi connectivity index (χ2v) is 7.19. The van der Waals surface area contributed by atoms with Gasteiger partial charge in [-0.25, -0.2) is 9.79 Å². The van der Waals surface area contributed by atoms with E-state index in [2.05, 4.69) is 4.99 Å². The van der Waals surface area contributed by atoms with Crippen molar-refractivity contribution in [3.63, 3.8) is 0 Å². The van der Waals surface area contributed by atoms with Crippen LogP contribution < -0.4 is 4.74 Å². The van der Waals surface area contributed by atoms with Gasteiger partial charge in [-0.15, -0.1) is 0 Å². The number of benzene rings is 2. The molecule has 7 heteroatoms. The molecule has 0 atom stereocenters. The summed E-state index contributed by atoms with van der Waals surface area (Å²) >= 11 is 7.23. The lowest BCUT2D eigenvalue weighted by Crippen LogP contribution is -2.12. The smallest absolute Gasteiger partial charge is 0.344 e. The lowest BCUT2D eigenvalue weighted by Gasteiger charge is -2.04. The zero-order chi connectivity index (χ0) is 20.1. The summed E-state index contributed by atoms with van der Waals surface area (Å²) < 4.78 is 10.2. The van der Waals surface area contributed by atoms with Crippen molar-refractivity contribution >= 4 is 46.1 Å². The fourth-order valence-electron chi connectivity index (χ4n) is 2.51. The van der Waals surface area contributed by atoms with E-state index in [1.54, 1.807) is 56.5 Å². The molecule has 2 aromatic rings. The molecule has 1 aliphatic heterocycles. The highest BCUT2D eigenvalue weighted by Crippen LogP contribution is 2.40. The van der Waals surface area contributed by atoms with Gasteiger partial charge in [-0.1, -0.05) is 35.5 Å². The molecule has 0 bridgehead atoms. The van der Waals surface area contributed by atoms with Gasteiger partial charge in [0, 0.05) is 5.02 Å². The third kappa shape index (κ3) is 4.58. The van der Waals surface area contributed by atoms with Crippen LogP contribution in [0.25, 0.3) is 6.08 Å². The number of aliphatic hydroxyl groups is 1. The molecule has 144 valence electrons. The van der Waals surface area contributed by atoms with E-state index in [1.165, 1.54) is 11.8 Å². The molecule has 0 aromatic heterocycles. The Bertz CT molecular complexity index is 980. The quantitative estimate of drug-likeness (QED) is 0.649. The van der Waals surface area contributed by atoms with Crippen molar-refractivity contribution in [3.05, 3.63) is 75.4 Å². The molecule has 0 saturated heterocycles. The van der Waals surface area contributed by atoms with Crippen LogP contribution in [0.3, 0.4) is 0 Å². The van der Waals surface area contributed by atoms with Crippen LogP contribution in [-0.2, 0) is 9.53 Å². The summed E-state index contributed by atoms with van der Waals surface area (Å²) in [7, 11) is 1.58. The van der Waals surface area contributed by atoms with E-state index in [-0.39, 0.29) is 17.9 Å². The average molecular weight is 416 g/mol. The molecule has 0 amide bonds. The van der Waals surface area contributed by atoms with Gasteiger partial charge in [-0.3, -0.25) is 0 Å². The van der Waals surface area contributed by atoms with Crippen molar-refractivity contribution in [2.24, 2.45) is 4.99 Å². The second-order valence-electron chi connectivity index (χ2n) is 5.72. The van der Waals surface area contributed by atoms with Crippen LogP contribution in [0.15, 0.2) is 69.8 Å². The molecule has 1 heterocycles. The van der Waals surface area contributed by atoms with Gasteiger partial charge in [0.1, 0.15) is 22.1 Å². The van der Waals surface area contributed by atoms with Crippen LogP contribution in [0.5, 0.6) is 5.75 Å². The molecule has 0 spiro atoms. The van der Waals surface area contributed by atoms with Gasteiger partial charge in [-0.2, -0.15) is 0 Å². The maximum atomic E-state index is 12.4. The van der Waals surface area contributed by atoms with E-state index in [0.717, 1.165) is 5.56 Å². The lowest BCUT2D eigenvalue weighted by atomic mass is 10.1. The summed E-state index contributed by atoms with van der Waals surface area (Å²) in [5, 5.41) is 11.6. The van der Waals surface area contributed by atoms with E-state index < -0.39 is 5.97 Å². The molecule has 0 unspecified atom stereocenters. The van der Waals surface area contributed by atoms with Crippen molar-refractivity contribution in [1.82, 2.24) is 0 Å². The Balaban J connectivity index is 2.01. The lowest BCUT2D eigenvalue weighted by molar-refractivity contribution is -0.138. The number of hydrogen-bond acceptors (Lipinski definition) is 6. The molecular weight excluding hydrogens is 398 g/mol. The summed E-state index contributed by atoms with van der Waals surface area (Å²) in [6, 6.07) is 14.3. The summed E-state index contributed by atoms with van der Waals surface area (Å²) in [4.78, 5) is 17.4. The molecule has 28 heavy (non-hydrogen) atoms. The Morgan fingerprint density at radius 3 is 2.64 bits per heavy atom. The molecule has 2 aromatic carbocycles. The minimum atomic E-state index is -0.616. The van der Waals surface area contributed by atoms with Gasteiger partial charge < -0.3 is 14.6 Å². The summed E-state index contributed by atoms with van der Waals surface area (Å²) in [5.74, 6) is -0.0708. The Kier molecular flexibility index (Phi) is 6.44. The van der Waals surface area contributed by atoms with Gasteiger partial charge in [-0.05, 0) is 55.0 Å². The molecule has 0 fully saturated rings. The first-order valence-electron chi connectivity index (χ1n) is 8.50. The standard InChI is InChI=1S/C21H18ClNO4S/c1-3-27-21(25)18-19(24)17(12-13-5-4-6-14(22)11-13)28-20(18)23-15-7-9-16(26-2)10-8-15/h4-12,24H,3H2,1-2H3/b17-12-,23-20?. The number of aliphatic hydroxyl groups excluding tert-OH is 1. The van der Waals surface area contributed by atoms with Gasteiger partial charge in [0.15, 0.2) is 0 Å². The number of carbonyl (C=O) groups excluding carboxylic acids is 1. The first-order valence-corrected chi connectivity index (χ1v) is 9.70. The molecule has 0 aliphatic carbocycles. The van der Waals surface area contributed by atoms with E-state index in [9.17, 15) is 9.90 Å². The number of hydrogen-bond donors (Lipinski definition) is 1. The van der Waals surface area contributed by atoms with E-state index in [4.69, 9.17) is 21.1 Å². The Morgan fingerprint density at radius 1 is 1.25 bits per heavy atom. The second kappa shape index (κ2) is 8.99. The summed E-state index contributed by atoms with van der Waals surface area (Å²) in [6.07, 6.45) is 1.75. The third-order valence-electron chi connectivity index (χ3n) is 3.82. The van der Waals surface area contributed by atoms with Crippen LogP contribution >= 0.6 is 23.4 Å². The fraction of sp³-hybridized carbons (Fsp3) is 0.143. The third-order valence-corrected chi connectivity index (χ3v) is 5.07. The van der Waals surface area contributed by atoms with E-state index in [1.807, 2.05) is 12.1 Å². The largest absolute Gasteiger partial charge is 0.506 e. The van der Waals surface area contributed by atoms with Crippen molar-refractivity contribution in [1.29, 1.82) is 0 Å². The summed E-state index contributed by atoms with van der Waals surface area (Å²) in [6.45, 7) is 1.91. The molecule has 5 nitrogen and oxygen atoms in total. The normalized spacial score (nSPS) is 16.7. The maximum absolute atomic E-state index is 12.4. The van der Waals surface area contributed by atoms with Crippen LogP contribution in [0, 0.1) is 0 Å². The predicted octanol–water partition coefficient (Wildman–Crippen LogP) is 5.54. The zero-order valence-corrected chi connectivity index (χ0v) is 16.9. The fourth-order valence-corrected chi connectivity index (χ4v) is 3.75. The molecule has 3 rings (SSSR count). The Labute approximate surface area is 172 Å². The minimum Gasteiger partial charge on any atom is -0.506 e. The average Bonchev–Trinajstić information content (AvgIpc) is 2.97. The molecular formula is C21H18ClNO4S. The van der Waals surface area contributed by atoms with Gasteiger partial charge in [0.2, 0.25) is 0 Å². The zero-order valence-electron chi connectivity index (χ0n) is 15.3. The number of halogens is 1. The number of carbonyl (C=O) groups is 1. The number of rotatable bonds is 5. The topological polar surface area (TPSA) is 68.1 Å². The Morgan fingerprint density at radius 2 is 2.00 bits per heavy atom. The monoisotopic (exact) mass is 415 g/mol. The van der Waals surface area contributed by atoms with Crippen molar-refractivity contribution in [3.8, 4) is 5.75 Å². The van der Waals surface area contributed by atoms with E-state index >= 15 is 0 Å². The minimum absolute atomic E-state index is 0.0518. The predicted molar refractivity (Wildman–Crippen MR) is 113 cm³/mol. The van der Waals surface area contributed by atoms with Crippen LogP contribution in [0.4, 0.5) is 5.69 Å². The highest BCUT2D eigenvalue weighted by Gasteiger charge is 2.33. The van der Waals surface area contributed by atoms with Crippen molar-refractivity contribution in [2.45, 2.75) is 6.92 Å². The van der Waals surface area contributed by atoms with Crippen LogP contribution in [0.1, 0.15) is 12.5 Å². The summed E-state index contributed by atoms with van der Waals surface area (Å²) in [5.41, 5.74) is 1.48. The molecule has 1 aliphatic rings. The number of thioether (sulfide) groups is 1. The Hall–Kier alpha value is -2.70. The molecule has 0 saturated carbocycles. The molecule has 1 N–H and O–H groups in total. The van der Waals surface area contributed by atoms with Crippen LogP contribution in [0.2, 0.25) is 5.02 Å². The first-order chi connectivity index (χ1) is 13.5. The number of esters is 1. The van der Waals surface area contributed by atoms with Gasteiger partial charge in [0.25, 0.3) is 0 Å². The van der Waals surface area contributed by atoms with Crippen LogP contribution in [-0.4, -0.2) is 29.8 Å². The number of nitrogens with zero attached hydrogens (tertiary/aromatic N) is 1. The SMILES string of the molecule is CCOC(=O)C1=C(O)/C(=C/c2cccc(Cl)c2)SC1=Nc1ccc(OC)cc1. The number of aliphatic imine (C=N–C) groups is 1. The highest BCUT2D eigenvalue weighted by atomic mass is 35.5. The number of ether oxygens (including phenoxy) is 2. The van der Waals surface area contributed by atoms with Crippen molar-refractivity contribution < 1.29 is 19.4 Å². The number of methoxy groups -OCH3 is 1. The maximum Gasteiger partial charge on any atom is 0.344 e.